The fourth-order valence-electron chi connectivity index (χ4n) is 2.13. The van der Waals surface area contributed by atoms with Gasteiger partial charge in [0, 0.05) is 17.8 Å². The van der Waals surface area contributed by atoms with Gasteiger partial charge in [0.25, 0.3) is 0 Å². The fraction of sp³-hybridized carbons (Fsp3) is 0.235. The van der Waals surface area contributed by atoms with Crippen LogP contribution in [0.1, 0.15) is 6.92 Å². The van der Waals surface area contributed by atoms with Gasteiger partial charge in [-0.3, -0.25) is 9.36 Å². The Labute approximate surface area is 148 Å². The number of nitriles is 1. The summed E-state index contributed by atoms with van der Waals surface area (Å²) in [5, 5.41) is 25.1. The topological polar surface area (TPSA) is 95.4 Å². The zero-order valence-corrected chi connectivity index (χ0v) is 14.4. The van der Waals surface area contributed by atoms with Crippen LogP contribution in [0.15, 0.2) is 42.1 Å². The van der Waals surface area contributed by atoms with Crippen molar-refractivity contribution < 1.29 is 9.18 Å². The van der Waals surface area contributed by atoms with Crippen LogP contribution in [0.3, 0.4) is 0 Å². The van der Waals surface area contributed by atoms with Gasteiger partial charge in [0.2, 0.25) is 0 Å². The Morgan fingerprint density at radius 3 is 2.72 bits per heavy atom. The number of hydrogen-bond donors (Lipinski definition) is 1. The Hall–Kier alpha value is -2.79. The van der Waals surface area contributed by atoms with Crippen molar-refractivity contribution in [2.75, 3.05) is 5.75 Å². The molecular formula is C17H16FN5OS. The number of nitrogens with zero attached hydrogens (tertiary/aromatic N) is 4. The summed E-state index contributed by atoms with van der Waals surface area (Å²) in [5.74, 6) is -1.19. The summed E-state index contributed by atoms with van der Waals surface area (Å²) in [6.07, 6.45) is 1.67. The molecule has 1 N–H and O–H groups in total. The van der Waals surface area contributed by atoms with E-state index >= 15 is 0 Å². The lowest BCUT2D eigenvalue weighted by atomic mass is 10.0. The number of carbonyl (C=O) groups excluding carboxylic acids is 1. The first-order valence-corrected chi connectivity index (χ1v) is 8.36. The maximum absolute atomic E-state index is 13.1. The van der Waals surface area contributed by atoms with Crippen molar-refractivity contribution in [2.45, 2.75) is 18.6 Å². The van der Waals surface area contributed by atoms with E-state index in [2.05, 4.69) is 16.8 Å². The standard InChI is InChI=1S/C17H16FN5OS/c1-3-8-23-16(12-4-6-13(18)7-5-12)21-22-17(23)25-10-15(24)14(9-19)11(2)20/h3-7,14,20H,1,8,10H2,2H3. The number of nitrogens with one attached hydrogen (secondary N) is 1. The molecule has 0 spiro atoms. The van der Waals surface area contributed by atoms with E-state index in [0.29, 0.717) is 23.1 Å². The van der Waals surface area contributed by atoms with Crippen molar-refractivity contribution in [1.82, 2.24) is 14.8 Å². The van der Waals surface area contributed by atoms with Crippen molar-refractivity contribution in [3.8, 4) is 17.5 Å². The molecule has 0 saturated heterocycles. The smallest absolute Gasteiger partial charge is 0.192 e. The Morgan fingerprint density at radius 1 is 1.48 bits per heavy atom. The lowest BCUT2D eigenvalue weighted by Gasteiger charge is -2.09. The van der Waals surface area contributed by atoms with Crippen molar-refractivity contribution in [2.24, 2.45) is 5.92 Å². The third-order valence-corrected chi connectivity index (χ3v) is 4.35. The maximum atomic E-state index is 13.1. The molecule has 0 aliphatic heterocycles. The van der Waals surface area contributed by atoms with Crippen molar-refractivity contribution in [3.63, 3.8) is 0 Å². The fourth-order valence-corrected chi connectivity index (χ4v) is 2.98. The summed E-state index contributed by atoms with van der Waals surface area (Å²) < 4.78 is 14.9. The van der Waals surface area contributed by atoms with E-state index in [-0.39, 0.29) is 23.1 Å². The van der Waals surface area contributed by atoms with Crippen LogP contribution in [0.4, 0.5) is 4.39 Å². The van der Waals surface area contributed by atoms with Crippen LogP contribution in [-0.4, -0.2) is 32.0 Å². The molecule has 0 amide bonds. The highest BCUT2D eigenvalue weighted by Gasteiger charge is 2.22. The number of benzene rings is 1. The van der Waals surface area contributed by atoms with E-state index in [1.807, 2.05) is 6.07 Å². The number of allylic oxidation sites excluding steroid dienone is 1. The highest BCUT2D eigenvalue weighted by Crippen LogP contribution is 2.25. The van der Waals surface area contributed by atoms with Crippen LogP contribution < -0.4 is 0 Å². The Kier molecular flexibility index (Phi) is 6.19. The monoisotopic (exact) mass is 357 g/mol. The van der Waals surface area contributed by atoms with Crippen LogP contribution in [0.5, 0.6) is 0 Å². The molecule has 0 aliphatic rings. The molecule has 0 aliphatic carbocycles. The third kappa shape index (κ3) is 4.39. The second kappa shape index (κ2) is 8.35. The lowest BCUT2D eigenvalue weighted by Crippen LogP contribution is -2.21. The number of hydrogen-bond acceptors (Lipinski definition) is 6. The van der Waals surface area contributed by atoms with E-state index < -0.39 is 5.92 Å². The number of Topliss-reactive ketones (excluding diaryl/α,β-unsaturated/α-hetero) is 1. The average Bonchev–Trinajstić information content (AvgIpc) is 2.97. The van der Waals surface area contributed by atoms with Gasteiger partial charge in [0.1, 0.15) is 11.7 Å². The molecule has 0 radical (unpaired) electrons. The first-order valence-electron chi connectivity index (χ1n) is 7.38. The van der Waals surface area contributed by atoms with Crippen molar-refractivity contribution in [1.29, 1.82) is 10.7 Å². The van der Waals surface area contributed by atoms with Crippen LogP contribution in [0.25, 0.3) is 11.4 Å². The summed E-state index contributed by atoms with van der Waals surface area (Å²) in [7, 11) is 0. The van der Waals surface area contributed by atoms with Crippen LogP contribution >= 0.6 is 11.8 Å². The van der Waals surface area contributed by atoms with E-state index in [1.54, 1.807) is 22.8 Å². The molecule has 8 heteroatoms. The Morgan fingerprint density at radius 2 is 2.16 bits per heavy atom. The minimum absolute atomic E-state index is 0.00708. The number of ketones is 1. The number of carbonyl (C=O) groups is 1. The largest absolute Gasteiger partial charge is 0.308 e. The first kappa shape index (κ1) is 18.5. The molecule has 128 valence electrons. The van der Waals surface area contributed by atoms with Crippen LogP contribution in [0.2, 0.25) is 0 Å². The zero-order valence-electron chi connectivity index (χ0n) is 13.6. The van der Waals surface area contributed by atoms with E-state index in [4.69, 9.17) is 10.7 Å². The summed E-state index contributed by atoms with van der Waals surface area (Å²) in [4.78, 5) is 12.1. The highest BCUT2D eigenvalue weighted by atomic mass is 32.2. The minimum Gasteiger partial charge on any atom is -0.308 e. The van der Waals surface area contributed by atoms with Gasteiger partial charge in [0.15, 0.2) is 16.8 Å². The number of aromatic nitrogens is 3. The molecule has 2 aromatic rings. The van der Waals surface area contributed by atoms with Crippen molar-refractivity contribution in [3.05, 3.63) is 42.7 Å². The van der Waals surface area contributed by atoms with Crippen LogP contribution in [0, 0.1) is 28.5 Å². The highest BCUT2D eigenvalue weighted by molar-refractivity contribution is 7.99. The predicted molar refractivity (Wildman–Crippen MR) is 93.8 cm³/mol. The van der Waals surface area contributed by atoms with Gasteiger partial charge in [0.05, 0.1) is 11.8 Å². The molecule has 1 heterocycles. The summed E-state index contributed by atoms with van der Waals surface area (Å²) in [6.45, 7) is 5.55. The van der Waals surface area contributed by atoms with Gasteiger partial charge in [-0.05, 0) is 31.2 Å². The summed E-state index contributed by atoms with van der Waals surface area (Å²) >= 11 is 1.15. The minimum atomic E-state index is -1.04. The summed E-state index contributed by atoms with van der Waals surface area (Å²) in [5.41, 5.74) is 0.715. The Bertz CT molecular complexity index is 838. The maximum Gasteiger partial charge on any atom is 0.192 e. The van der Waals surface area contributed by atoms with Gasteiger partial charge in [-0.25, -0.2) is 4.39 Å². The molecular weight excluding hydrogens is 341 g/mol. The summed E-state index contributed by atoms with van der Waals surface area (Å²) in [6, 6.07) is 7.70. The molecule has 1 aromatic carbocycles. The predicted octanol–water partition coefficient (Wildman–Crippen LogP) is 3.11. The number of halogens is 1. The second-order valence-corrected chi connectivity index (χ2v) is 6.15. The molecule has 1 atom stereocenters. The van der Waals surface area contributed by atoms with Gasteiger partial charge in [-0.2, -0.15) is 5.26 Å². The van der Waals surface area contributed by atoms with Crippen molar-refractivity contribution >= 4 is 23.3 Å². The quantitative estimate of drug-likeness (QED) is 0.445. The molecule has 0 saturated carbocycles. The lowest BCUT2D eigenvalue weighted by molar-refractivity contribution is -0.117. The third-order valence-electron chi connectivity index (χ3n) is 3.36. The van der Waals surface area contributed by atoms with Crippen LogP contribution in [-0.2, 0) is 11.3 Å². The average molecular weight is 357 g/mol. The SMILES string of the molecule is C=CCn1c(SCC(=O)C(C#N)C(C)=N)nnc1-c1ccc(F)cc1. The van der Waals surface area contributed by atoms with Gasteiger partial charge in [-0.15, -0.1) is 16.8 Å². The molecule has 25 heavy (non-hydrogen) atoms. The first-order chi connectivity index (χ1) is 12.0. The van der Waals surface area contributed by atoms with Gasteiger partial charge in [-0.1, -0.05) is 17.8 Å². The molecule has 0 bridgehead atoms. The normalized spacial score (nSPS) is 11.6. The molecule has 6 nitrogen and oxygen atoms in total. The molecule has 2 rings (SSSR count). The van der Waals surface area contributed by atoms with Gasteiger partial charge >= 0.3 is 0 Å². The second-order valence-electron chi connectivity index (χ2n) is 5.21. The Balaban J connectivity index is 2.23. The molecule has 1 unspecified atom stereocenters. The number of thioether (sulfide) groups is 1. The molecule has 0 fully saturated rings. The zero-order chi connectivity index (χ0) is 18.4. The number of rotatable bonds is 8. The van der Waals surface area contributed by atoms with Gasteiger partial charge < -0.3 is 5.41 Å². The molecule has 1 aromatic heterocycles. The van der Waals surface area contributed by atoms with E-state index in [1.165, 1.54) is 19.1 Å². The van der Waals surface area contributed by atoms with E-state index in [9.17, 15) is 9.18 Å². The van der Waals surface area contributed by atoms with E-state index in [0.717, 1.165) is 11.8 Å².